The maximum atomic E-state index is 12.1. The SMILES string of the molecule is CCCC(C)NC(=O)C(C)N(C)Cc1cccc(N)c1. The minimum absolute atomic E-state index is 0.0809. The van der Waals surface area contributed by atoms with Gasteiger partial charge in [0, 0.05) is 18.3 Å². The predicted octanol–water partition coefficient (Wildman–Crippen LogP) is 2.39. The summed E-state index contributed by atoms with van der Waals surface area (Å²) in [5.74, 6) is 0.0809. The Morgan fingerprint density at radius 3 is 2.70 bits per heavy atom. The smallest absolute Gasteiger partial charge is 0.237 e. The van der Waals surface area contributed by atoms with Crippen molar-refractivity contribution in [1.29, 1.82) is 0 Å². The van der Waals surface area contributed by atoms with E-state index in [1.807, 2.05) is 50.1 Å². The third kappa shape index (κ3) is 5.21. The molecule has 2 unspecified atom stereocenters. The number of nitrogens with two attached hydrogens (primary N) is 1. The van der Waals surface area contributed by atoms with Gasteiger partial charge in [-0.1, -0.05) is 25.5 Å². The van der Waals surface area contributed by atoms with Gasteiger partial charge in [-0.2, -0.15) is 0 Å². The number of carbonyl (C=O) groups excluding carboxylic acids is 1. The fourth-order valence-corrected chi connectivity index (χ4v) is 2.19. The summed E-state index contributed by atoms with van der Waals surface area (Å²) in [5.41, 5.74) is 7.65. The lowest BCUT2D eigenvalue weighted by molar-refractivity contribution is -0.126. The topological polar surface area (TPSA) is 58.4 Å². The summed E-state index contributed by atoms with van der Waals surface area (Å²) >= 11 is 0. The molecule has 0 saturated heterocycles. The molecule has 0 saturated carbocycles. The first-order valence-electron chi connectivity index (χ1n) is 7.29. The molecule has 4 nitrogen and oxygen atoms in total. The van der Waals surface area contributed by atoms with E-state index in [0.29, 0.717) is 6.54 Å². The highest BCUT2D eigenvalue weighted by atomic mass is 16.2. The van der Waals surface area contributed by atoms with Crippen LogP contribution in [-0.4, -0.2) is 29.9 Å². The number of nitrogen functional groups attached to an aromatic ring is 1. The van der Waals surface area contributed by atoms with Crippen LogP contribution in [0.1, 0.15) is 39.2 Å². The summed E-state index contributed by atoms with van der Waals surface area (Å²) < 4.78 is 0. The lowest BCUT2D eigenvalue weighted by Gasteiger charge is -2.25. The fraction of sp³-hybridized carbons (Fsp3) is 0.562. The zero-order chi connectivity index (χ0) is 15.1. The minimum atomic E-state index is -0.157. The number of carbonyl (C=O) groups is 1. The first-order valence-corrected chi connectivity index (χ1v) is 7.29. The van der Waals surface area contributed by atoms with Crippen LogP contribution in [0.4, 0.5) is 5.69 Å². The van der Waals surface area contributed by atoms with Gasteiger partial charge in [0.1, 0.15) is 0 Å². The van der Waals surface area contributed by atoms with Crippen molar-refractivity contribution in [3.8, 4) is 0 Å². The van der Waals surface area contributed by atoms with Gasteiger partial charge in [0.05, 0.1) is 6.04 Å². The minimum Gasteiger partial charge on any atom is -0.399 e. The van der Waals surface area contributed by atoms with Gasteiger partial charge >= 0.3 is 0 Å². The quantitative estimate of drug-likeness (QED) is 0.752. The monoisotopic (exact) mass is 277 g/mol. The Labute approximate surface area is 122 Å². The van der Waals surface area contributed by atoms with Gasteiger partial charge in [-0.25, -0.2) is 0 Å². The van der Waals surface area contributed by atoms with E-state index < -0.39 is 0 Å². The van der Waals surface area contributed by atoms with Crippen LogP contribution < -0.4 is 11.1 Å². The van der Waals surface area contributed by atoms with Gasteiger partial charge in [0.2, 0.25) is 5.91 Å². The van der Waals surface area contributed by atoms with Crippen molar-refractivity contribution in [2.24, 2.45) is 0 Å². The van der Waals surface area contributed by atoms with E-state index in [0.717, 1.165) is 24.1 Å². The van der Waals surface area contributed by atoms with Crippen LogP contribution in [0.2, 0.25) is 0 Å². The molecule has 0 aliphatic heterocycles. The zero-order valence-corrected chi connectivity index (χ0v) is 13.0. The number of benzene rings is 1. The lowest BCUT2D eigenvalue weighted by atomic mass is 10.1. The van der Waals surface area contributed by atoms with Crippen LogP contribution in [0.15, 0.2) is 24.3 Å². The number of amides is 1. The van der Waals surface area contributed by atoms with Gasteiger partial charge in [0.25, 0.3) is 0 Å². The Morgan fingerprint density at radius 2 is 2.10 bits per heavy atom. The zero-order valence-electron chi connectivity index (χ0n) is 13.0. The number of rotatable bonds is 7. The standard InChI is InChI=1S/C16H27N3O/c1-5-7-12(2)18-16(20)13(3)19(4)11-14-8-6-9-15(17)10-14/h6,8-10,12-13H,5,7,11,17H2,1-4H3,(H,18,20). The average Bonchev–Trinajstić information content (AvgIpc) is 2.37. The fourth-order valence-electron chi connectivity index (χ4n) is 2.19. The summed E-state index contributed by atoms with van der Waals surface area (Å²) in [4.78, 5) is 14.2. The Hall–Kier alpha value is -1.55. The molecule has 4 heteroatoms. The molecule has 20 heavy (non-hydrogen) atoms. The molecule has 1 amide bonds. The van der Waals surface area contributed by atoms with E-state index in [1.165, 1.54) is 0 Å². The van der Waals surface area contributed by atoms with Gasteiger partial charge in [-0.15, -0.1) is 0 Å². The highest BCUT2D eigenvalue weighted by molar-refractivity contribution is 5.81. The predicted molar refractivity (Wildman–Crippen MR) is 84.3 cm³/mol. The van der Waals surface area contributed by atoms with Crippen LogP contribution in [-0.2, 0) is 11.3 Å². The lowest BCUT2D eigenvalue weighted by Crippen LogP contribution is -2.45. The van der Waals surface area contributed by atoms with Gasteiger partial charge in [-0.3, -0.25) is 9.69 Å². The maximum absolute atomic E-state index is 12.1. The summed E-state index contributed by atoms with van der Waals surface area (Å²) in [6.07, 6.45) is 2.09. The molecule has 0 heterocycles. The molecule has 0 radical (unpaired) electrons. The first-order chi connectivity index (χ1) is 9.43. The van der Waals surface area contributed by atoms with E-state index in [1.54, 1.807) is 0 Å². The van der Waals surface area contributed by atoms with Crippen molar-refractivity contribution in [2.45, 2.75) is 52.2 Å². The van der Waals surface area contributed by atoms with Crippen LogP contribution in [0.25, 0.3) is 0 Å². The number of nitrogens with one attached hydrogen (secondary N) is 1. The van der Waals surface area contributed by atoms with Crippen molar-refractivity contribution in [3.63, 3.8) is 0 Å². The van der Waals surface area contributed by atoms with E-state index in [9.17, 15) is 4.79 Å². The van der Waals surface area contributed by atoms with Crippen LogP contribution in [0, 0.1) is 0 Å². The number of hydrogen-bond acceptors (Lipinski definition) is 3. The van der Waals surface area contributed by atoms with E-state index in [2.05, 4.69) is 12.2 Å². The molecule has 0 aromatic heterocycles. The Balaban J connectivity index is 2.53. The normalized spacial score (nSPS) is 14.1. The summed E-state index contributed by atoms with van der Waals surface area (Å²) in [7, 11) is 1.96. The Kier molecular flexibility index (Phi) is 6.52. The Morgan fingerprint density at radius 1 is 1.40 bits per heavy atom. The number of nitrogens with zero attached hydrogens (tertiary/aromatic N) is 1. The van der Waals surface area contributed by atoms with Gasteiger partial charge < -0.3 is 11.1 Å². The maximum Gasteiger partial charge on any atom is 0.237 e. The highest BCUT2D eigenvalue weighted by Gasteiger charge is 2.19. The third-order valence-corrected chi connectivity index (χ3v) is 3.53. The second-order valence-corrected chi connectivity index (χ2v) is 5.53. The number of likely N-dealkylation sites (N-methyl/N-ethyl adjacent to an activating group) is 1. The molecule has 0 aliphatic carbocycles. The largest absolute Gasteiger partial charge is 0.399 e. The highest BCUT2D eigenvalue weighted by Crippen LogP contribution is 2.10. The van der Waals surface area contributed by atoms with E-state index >= 15 is 0 Å². The first kappa shape index (κ1) is 16.5. The van der Waals surface area contributed by atoms with Crippen LogP contribution >= 0.6 is 0 Å². The van der Waals surface area contributed by atoms with E-state index in [-0.39, 0.29) is 18.0 Å². The van der Waals surface area contributed by atoms with Crippen molar-refractivity contribution in [3.05, 3.63) is 29.8 Å². The summed E-state index contributed by atoms with van der Waals surface area (Å²) in [6, 6.07) is 7.85. The van der Waals surface area contributed by atoms with Gasteiger partial charge in [-0.05, 0) is 45.0 Å². The molecule has 1 aromatic rings. The molecule has 1 aromatic carbocycles. The van der Waals surface area contributed by atoms with Crippen molar-refractivity contribution < 1.29 is 4.79 Å². The molecule has 2 atom stereocenters. The Bertz CT molecular complexity index is 433. The molecular weight excluding hydrogens is 250 g/mol. The summed E-state index contributed by atoms with van der Waals surface area (Å²) in [5, 5.41) is 3.05. The summed E-state index contributed by atoms with van der Waals surface area (Å²) in [6.45, 7) is 6.81. The number of hydrogen-bond donors (Lipinski definition) is 2. The molecule has 0 fully saturated rings. The third-order valence-electron chi connectivity index (χ3n) is 3.53. The van der Waals surface area contributed by atoms with Crippen LogP contribution in [0.5, 0.6) is 0 Å². The van der Waals surface area contributed by atoms with Gasteiger partial charge in [0.15, 0.2) is 0 Å². The average molecular weight is 277 g/mol. The second-order valence-electron chi connectivity index (χ2n) is 5.53. The van der Waals surface area contributed by atoms with Crippen molar-refractivity contribution in [1.82, 2.24) is 10.2 Å². The molecule has 0 bridgehead atoms. The van der Waals surface area contributed by atoms with Crippen LogP contribution in [0.3, 0.4) is 0 Å². The van der Waals surface area contributed by atoms with Crippen molar-refractivity contribution in [2.75, 3.05) is 12.8 Å². The molecule has 0 spiro atoms. The molecule has 1 rings (SSSR count). The molecule has 112 valence electrons. The second kappa shape index (κ2) is 7.90. The van der Waals surface area contributed by atoms with Crippen molar-refractivity contribution >= 4 is 11.6 Å². The molecule has 3 N–H and O–H groups in total. The molecule has 0 aliphatic rings. The molecular formula is C16H27N3O. The van der Waals surface area contributed by atoms with E-state index in [4.69, 9.17) is 5.73 Å². The number of anilines is 1.